The van der Waals surface area contributed by atoms with E-state index in [1.54, 1.807) is 7.11 Å². The molecule has 2 aromatic carbocycles. The van der Waals surface area contributed by atoms with Crippen LogP contribution in [0.5, 0.6) is 0 Å². The molecule has 0 saturated carbocycles. The Morgan fingerprint density at radius 3 is 2.67 bits per heavy atom. The van der Waals surface area contributed by atoms with E-state index >= 15 is 0 Å². The molecule has 0 radical (unpaired) electrons. The van der Waals surface area contributed by atoms with Crippen molar-refractivity contribution in [3.05, 3.63) is 66.0 Å². The second-order valence-electron chi connectivity index (χ2n) is 5.32. The van der Waals surface area contributed by atoms with E-state index in [4.69, 9.17) is 4.74 Å². The van der Waals surface area contributed by atoms with Crippen LogP contribution in [-0.2, 0) is 9.53 Å². The number of H-pyrrole nitrogens is 1. The van der Waals surface area contributed by atoms with Gasteiger partial charge in [0.25, 0.3) is 5.91 Å². The Balaban J connectivity index is 1.97. The zero-order valence-corrected chi connectivity index (χ0v) is 13.5. The van der Waals surface area contributed by atoms with Crippen molar-refractivity contribution in [3.8, 4) is 0 Å². The summed E-state index contributed by atoms with van der Waals surface area (Å²) in [5, 5.41) is 2.85. The predicted octanol–water partition coefficient (Wildman–Crippen LogP) is 2.87. The topological polar surface area (TPSA) is 67.0 Å². The Hall–Kier alpha value is -2.92. The van der Waals surface area contributed by atoms with Crippen molar-refractivity contribution < 1.29 is 9.53 Å². The Morgan fingerprint density at radius 1 is 1.17 bits per heavy atom. The zero-order valence-electron chi connectivity index (χ0n) is 13.5. The number of benzene rings is 2. The van der Waals surface area contributed by atoms with Crippen LogP contribution in [0.4, 0.5) is 0 Å². The molecule has 3 aromatic rings. The first-order valence-electron chi connectivity index (χ1n) is 7.77. The number of methoxy groups -OCH3 is 1. The maximum Gasteiger partial charge on any atom is 0.255 e. The monoisotopic (exact) mass is 321 g/mol. The third-order valence-corrected chi connectivity index (χ3v) is 3.59. The van der Waals surface area contributed by atoms with Crippen molar-refractivity contribution in [1.82, 2.24) is 15.3 Å². The van der Waals surface area contributed by atoms with Gasteiger partial charge in [0.15, 0.2) is 0 Å². The summed E-state index contributed by atoms with van der Waals surface area (Å²) in [6, 6.07) is 17.4. The summed E-state index contributed by atoms with van der Waals surface area (Å²) in [5.41, 5.74) is 3.16. The number of fused-ring (bicyclic) bond motifs is 1. The van der Waals surface area contributed by atoms with E-state index in [1.165, 1.54) is 0 Å². The fourth-order valence-corrected chi connectivity index (χ4v) is 2.40. The second-order valence-corrected chi connectivity index (χ2v) is 5.32. The molecule has 1 amide bonds. The largest absolute Gasteiger partial charge is 0.383 e. The molecule has 5 heteroatoms. The SMILES string of the molecule is COCCNC(=O)C(=Cc1ccccc1)c1nc2ccccc2[nH]1. The molecule has 0 aliphatic carbocycles. The molecule has 0 spiro atoms. The van der Waals surface area contributed by atoms with Gasteiger partial charge in [0.2, 0.25) is 0 Å². The lowest BCUT2D eigenvalue weighted by atomic mass is 10.1. The highest BCUT2D eigenvalue weighted by atomic mass is 16.5. The van der Waals surface area contributed by atoms with Crippen LogP contribution in [0.1, 0.15) is 11.4 Å². The minimum absolute atomic E-state index is 0.185. The minimum Gasteiger partial charge on any atom is -0.383 e. The molecule has 0 fully saturated rings. The number of rotatable bonds is 6. The summed E-state index contributed by atoms with van der Waals surface area (Å²) < 4.78 is 4.99. The molecule has 0 saturated heterocycles. The van der Waals surface area contributed by atoms with Crippen LogP contribution < -0.4 is 5.32 Å². The Bertz CT molecular complexity index is 820. The van der Waals surface area contributed by atoms with Gasteiger partial charge in [-0.3, -0.25) is 4.79 Å². The standard InChI is InChI=1S/C19H19N3O2/c1-24-12-11-20-19(23)15(13-14-7-3-2-4-8-14)18-21-16-9-5-6-10-17(16)22-18/h2-10,13H,11-12H2,1H3,(H,20,23)(H,21,22). The van der Waals surface area contributed by atoms with E-state index in [0.29, 0.717) is 24.5 Å². The van der Waals surface area contributed by atoms with Crippen molar-refractivity contribution in [1.29, 1.82) is 0 Å². The molecule has 0 aliphatic rings. The molecule has 0 bridgehead atoms. The predicted molar refractivity (Wildman–Crippen MR) is 95.3 cm³/mol. The highest BCUT2D eigenvalue weighted by molar-refractivity contribution is 6.23. The van der Waals surface area contributed by atoms with Gasteiger partial charge in [-0.25, -0.2) is 4.98 Å². The lowest BCUT2D eigenvalue weighted by Gasteiger charge is -2.07. The number of hydrogen-bond acceptors (Lipinski definition) is 3. The van der Waals surface area contributed by atoms with Crippen molar-refractivity contribution in [2.24, 2.45) is 0 Å². The molecule has 24 heavy (non-hydrogen) atoms. The maximum atomic E-state index is 12.6. The van der Waals surface area contributed by atoms with E-state index in [9.17, 15) is 4.79 Å². The number of carbonyl (C=O) groups excluding carboxylic acids is 1. The highest BCUT2D eigenvalue weighted by Crippen LogP contribution is 2.19. The fraction of sp³-hybridized carbons (Fsp3) is 0.158. The zero-order chi connectivity index (χ0) is 16.8. The van der Waals surface area contributed by atoms with Gasteiger partial charge in [0.1, 0.15) is 5.82 Å². The molecule has 0 atom stereocenters. The van der Waals surface area contributed by atoms with Crippen molar-refractivity contribution >= 4 is 28.6 Å². The number of aromatic amines is 1. The molecular weight excluding hydrogens is 302 g/mol. The first kappa shape index (κ1) is 16.0. The van der Waals surface area contributed by atoms with Gasteiger partial charge < -0.3 is 15.0 Å². The van der Waals surface area contributed by atoms with E-state index < -0.39 is 0 Å². The molecule has 122 valence electrons. The third kappa shape index (κ3) is 3.70. The van der Waals surface area contributed by atoms with Crippen LogP contribution in [-0.4, -0.2) is 36.1 Å². The van der Waals surface area contributed by atoms with E-state index in [2.05, 4.69) is 15.3 Å². The van der Waals surface area contributed by atoms with E-state index in [1.807, 2.05) is 60.7 Å². The van der Waals surface area contributed by atoms with Gasteiger partial charge in [0, 0.05) is 13.7 Å². The number of hydrogen-bond donors (Lipinski definition) is 2. The lowest BCUT2D eigenvalue weighted by Crippen LogP contribution is -2.28. The smallest absolute Gasteiger partial charge is 0.255 e. The van der Waals surface area contributed by atoms with Crippen molar-refractivity contribution in [3.63, 3.8) is 0 Å². The average Bonchev–Trinajstić information content (AvgIpc) is 3.04. The molecular formula is C19H19N3O2. The molecule has 3 rings (SSSR count). The third-order valence-electron chi connectivity index (χ3n) is 3.59. The van der Waals surface area contributed by atoms with E-state index in [0.717, 1.165) is 16.6 Å². The van der Waals surface area contributed by atoms with Gasteiger partial charge in [-0.2, -0.15) is 0 Å². The van der Waals surface area contributed by atoms with Gasteiger partial charge >= 0.3 is 0 Å². The highest BCUT2D eigenvalue weighted by Gasteiger charge is 2.16. The van der Waals surface area contributed by atoms with Crippen molar-refractivity contribution in [2.45, 2.75) is 0 Å². The first-order chi connectivity index (χ1) is 11.8. The average molecular weight is 321 g/mol. The quantitative estimate of drug-likeness (QED) is 0.542. The summed E-state index contributed by atoms with van der Waals surface area (Å²) in [4.78, 5) is 20.4. The maximum absolute atomic E-state index is 12.6. The minimum atomic E-state index is -0.185. The van der Waals surface area contributed by atoms with Crippen LogP contribution >= 0.6 is 0 Å². The number of nitrogens with one attached hydrogen (secondary N) is 2. The van der Waals surface area contributed by atoms with Gasteiger partial charge in [-0.15, -0.1) is 0 Å². The summed E-state index contributed by atoms with van der Waals surface area (Å²) >= 11 is 0. The molecule has 2 N–H and O–H groups in total. The molecule has 5 nitrogen and oxygen atoms in total. The van der Waals surface area contributed by atoms with Crippen molar-refractivity contribution in [2.75, 3.05) is 20.3 Å². The lowest BCUT2D eigenvalue weighted by molar-refractivity contribution is -0.115. The van der Waals surface area contributed by atoms with E-state index in [-0.39, 0.29) is 5.91 Å². The van der Waals surface area contributed by atoms with Crippen LogP contribution in [0.2, 0.25) is 0 Å². The van der Waals surface area contributed by atoms with Crippen LogP contribution in [0.25, 0.3) is 22.7 Å². The summed E-state index contributed by atoms with van der Waals surface area (Å²) in [6.45, 7) is 0.909. The van der Waals surface area contributed by atoms with Gasteiger partial charge in [-0.1, -0.05) is 42.5 Å². The first-order valence-corrected chi connectivity index (χ1v) is 7.77. The summed E-state index contributed by atoms with van der Waals surface area (Å²) in [6.07, 6.45) is 1.83. The van der Waals surface area contributed by atoms with Crippen LogP contribution in [0.15, 0.2) is 54.6 Å². The molecule has 0 aliphatic heterocycles. The summed E-state index contributed by atoms with van der Waals surface area (Å²) in [5.74, 6) is 0.366. The molecule has 0 unspecified atom stereocenters. The number of amides is 1. The number of ether oxygens (including phenoxy) is 1. The number of aromatic nitrogens is 2. The molecule has 1 heterocycles. The van der Waals surface area contributed by atoms with Gasteiger partial charge in [-0.05, 0) is 23.8 Å². The molecule has 1 aromatic heterocycles. The summed E-state index contributed by atoms with van der Waals surface area (Å²) in [7, 11) is 1.60. The van der Waals surface area contributed by atoms with Crippen LogP contribution in [0.3, 0.4) is 0 Å². The number of carbonyl (C=O) groups is 1. The second kappa shape index (κ2) is 7.57. The Kier molecular flexibility index (Phi) is 5.03. The number of para-hydroxylation sites is 2. The number of imidazole rings is 1. The normalized spacial score (nSPS) is 11.6. The van der Waals surface area contributed by atoms with Crippen LogP contribution in [0, 0.1) is 0 Å². The van der Waals surface area contributed by atoms with Gasteiger partial charge in [0.05, 0.1) is 23.2 Å². The fourth-order valence-electron chi connectivity index (χ4n) is 2.40. The number of nitrogens with zero attached hydrogens (tertiary/aromatic N) is 1. The Labute approximate surface area is 140 Å². The Morgan fingerprint density at radius 2 is 1.92 bits per heavy atom.